The van der Waals surface area contributed by atoms with E-state index in [4.69, 9.17) is 9.84 Å². The van der Waals surface area contributed by atoms with E-state index in [1.165, 1.54) is 16.2 Å². The van der Waals surface area contributed by atoms with Gasteiger partial charge >= 0.3 is 18.0 Å². The first-order valence-electron chi connectivity index (χ1n) is 8.44. The number of rotatable bonds is 4. The van der Waals surface area contributed by atoms with Crippen molar-refractivity contribution in [3.8, 4) is 0 Å². The monoisotopic (exact) mass is 367 g/mol. The van der Waals surface area contributed by atoms with Gasteiger partial charge in [0, 0.05) is 18.0 Å². The van der Waals surface area contributed by atoms with Gasteiger partial charge in [0.2, 0.25) is 0 Å². The minimum atomic E-state index is -0.878. The number of thiazole rings is 1. The number of anilines is 1. The van der Waals surface area contributed by atoms with E-state index < -0.39 is 11.9 Å². The maximum absolute atomic E-state index is 12.3. The van der Waals surface area contributed by atoms with Gasteiger partial charge in [-0.15, -0.1) is 11.3 Å². The molecule has 0 saturated carbocycles. The van der Waals surface area contributed by atoms with Crippen LogP contribution in [0.15, 0.2) is 0 Å². The Balaban J connectivity index is 1.67. The van der Waals surface area contributed by atoms with Gasteiger partial charge in [0.15, 0.2) is 5.13 Å². The molecule has 1 fully saturated rings. The quantitative estimate of drug-likeness (QED) is 0.789. The molecule has 1 aromatic heterocycles. The molecule has 25 heavy (non-hydrogen) atoms. The Bertz CT molecular complexity index is 689. The minimum Gasteiger partial charge on any atom is -0.481 e. The van der Waals surface area contributed by atoms with Crippen LogP contribution < -0.4 is 5.32 Å². The maximum Gasteiger partial charge on any atom is 0.323 e. The van der Waals surface area contributed by atoms with Gasteiger partial charge in [-0.2, -0.15) is 0 Å². The first-order chi connectivity index (χ1) is 12.0. The van der Waals surface area contributed by atoms with Crippen LogP contribution in [0.4, 0.5) is 9.93 Å². The van der Waals surface area contributed by atoms with Gasteiger partial charge in [0.05, 0.1) is 18.2 Å². The van der Waals surface area contributed by atoms with E-state index in [9.17, 15) is 14.4 Å². The van der Waals surface area contributed by atoms with Gasteiger partial charge in [-0.25, -0.2) is 9.78 Å². The van der Waals surface area contributed by atoms with E-state index in [0.29, 0.717) is 36.8 Å². The van der Waals surface area contributed by atoms with Crippen LogP contribution in [-0.2, 0) is 20.7 Å². The molecular weight excluding hydrogens is 346 g/mol. The molecule has 1 aromatic rings. The first-order valence-corrected chi connectivity index (χ1v) is 9.26. The number of carboxylic acids is 1. The number of urea groups is 1. The van der Waals surface area contributed by atoms with Gasteiger partial charge in [-0.1, -0.05) is 0 Å². The van der Waals surface area contributed by atoms with Crippen LogP contribution in [0.3, 0.4) is 0 Å². The molecule has 0 spiro atoms. The molecule has 9 heteroatoms. The molecular formula is C16H21N3O5S. The number of carbonyl (C=O) groups excluding carboxylic acids is 2. The second-order valence-electron chi connectivity index (χ2n) is 6.22. The van der Waals surface area contributed by atoms with E-state index in [2.05, 4.69) is 10.3 Å². The van der Waals surface area contributed by atoms with Crippen LogP contribution in [-0.4, -0.2) is 52.7 Å². The highest BCUT2D eigenvalue weighted by Crippen LogP contribution is 2.37. The average molecular weight is 367 g/mol. The summed E-state index contributed by atoms with van der Waals surface area (Å²) in [5.41, 5.74) is 0.704. The lowest BCUT2D eigenvalue weighted by Gasteiger charge is -2.19. The lowest BCUT2D eigenvalue weighted by Crippen LogP contribution is -2.33. The zero-order valence-electron chi connectivity index (χ0n) is 14.0. The normalized spacial score (nSPS) is 22.4. The van der Waals surface area contributed by atoms with Gasteiger partial charge in [0.1, 0.15) is 5.92 Å². The van der Waals surface area contributed by atoms with Crippen LogP contribution in [0.1, 0.15) is 42.7 Å². The second-order valence-corrected chi connectivity index (χ2v) is 7.31. The van der Waals surface area contributed by atoms with E-state index in [0.717, 1.165) is 17.7 Å². The Labute approximate surface area is 149 Å². The topological polar surface area (TPSA) is 109 Å². The summed E-state index contributed by atoms with van der Waals surface area (Å²) in [4.78, 5) is 42.3. The van der Waals surface area contributed by atoms with Crippen molar-refractivity contribution in [1.29, 1.82) is 0 Å². The number of likely N-dealkylation sites (tertiary alicyclic amines) is 1. The third kappa shape index (κ3) is 3.76. The molecule has 1 aliphatic carbocycles. The van der Waals surface area contributed by atoms with E-state index in [1.807, 2.05) is 0 Å². The molecule has 2 atom stereocenters. The fourth-order valence-corrected chi connectivity index (χ4v) is 4.32. The van der Waals surface area contributed by atoms with E-state index in [1.54, 1.807) is 6.92 Å². The highest BCUT2D eigenvalue weighted by molar-refractivity contribution is 7.15. The number of amides is 2. The number of esters is 1. The Morgan fingerprint density at radius 1 is 1.40 bits per heavy atom. The molecule has 0 bridgehead atoms. The SMILES string of the molecule is CCOC(=O)C1CCCc2sc(NC(=O)N3CCC(C(=O)O)C3)nc21. The lowest BCUT2D eigenvalue weighted by molar-refractivity contribution is -0.145. The zero-order valence-corrected chi connectivity index (χ0v) is 14.8. The molecule has 1 saturated heterocycles. The molecule has 2 amide bonds. The van der Waals surface area contributed by atoms with Crippen LogP contribution in [0.5, 0.6) is 0 Å². The van der Waals surface area contributed by atoms with Gasteiger partial charge < -0.3 is 14.7 Å². The summed E-state index contributed by atoms with van der Waals surface area (Å²) in [5.74, 6) is -2.02. The third-order valence-corrected chi connectivity index (χ3v) is 5.61. The van der Waals surface area contributed by atoms with E-state index in [-0.39, 0.29) is 24.5 Å². The van der Waals surface area contributed by atoms with Crippen molar-refractivity contribution < 1.29 is 24.2 Å². The number of ether oxygens (including phenoxy) is 1. The molecule has 2 N–H and O–H groups in total. The predicted molar refractivity (Wildman–Crippen MR) is 90.8 cm³/mol. The summed E-state index contributed by atoms with van der Waals surface area (Å²) in [6.45, 7) is 2.73. The summed E-state index contributed by atoms with van der Waals surface area (Å²) < 4.78 is 5.12. The van der Waals surface area contributed by atoms with Crippen molar-refractivity contribution in [2.24, 2.45) is 5.92 Å². The maximum atomic E-state index is 12.3. The predicted octanol–water partition coefficient (Wildman–Crippen LogP) is 2.06. The Kier molecular flexibility index (Phi) is 5.22. The third-order valence-electron chi connectivity index (χ3n) is 4.56. The van der Waals surface area contributed by atoms with Crippen molar-refractivity contribution in [3.63, 3.8) is 0 Å². The second kappa shape index (κ2) is 7.38. The number of aliphatic carboxylic acids is 1. The lowest BCUT2D eigenvalue weighted by atomic mass is 9.91. The fraction of sp³-hybridized carbons (Fsp3) is 0.625. The number of fused-ring (bicyclic) bond motifs is 1. The van der Waals surface area contributed by atoms with Crippen molar-refractivity contribution in [1.82, 2.24) is 9.88 Å². The number of hydrogen-bond acceptors (Lipinski definition) is 6. The molecule has 2 unspecified atom stereocenters. The number of aryl methyl sites for hydroxylation is 1. The smallest absolute Gasteiger partial charge is 0.323 e. The van der Waals surface area contributed by atoms with Crippen LogP contribution >= 0.6 is 11.3 Å². The van der Waals surface area contributed by atoms with Crippen molar-refractivity contribution in [2.75, 3.05) is 25.0 Å². The van der Waals surface area contributed by atoms with Gasteiger partial charge in [-0.3, -0.25) is 14.9 Å². The molecule has 1 aliphatic heterocycles. The molecule has 136 valence electrons. The molecule has 2 aliphatic rings. The van der Waals surface area contributed by atoms with Crippen LogP contribution in [0.2, 0.25) is 0 Å². The Morgan fingerprint density at radius 2 is 2.20 bits per heavy atom. The molecule has 0 radical (unpaired) electrons. The van der Waals surface area contributed by atoms with Gasteiger partial charge in [-0.05, 0) is 32.6 Å². The Morgan fingerprint density at radius 3 is 2.88 bits per heavy atom. The summed E-state index contributed by atoms with van der Waals surface area (Å²) in [5, 5.41) is 12.2. The van der Waals surface area contributed by atoms with Gasteiger partial charge in [0.25, 0.3) is 0 Å². The van der Waals surface area contributed by atoms with Crippen molar-refractivity contribution in [3.05, 3.63) is 10.6 Å². The first kappa shape index (κ1) is 17.7. The average Bonchev–Trinajstić information content (AvgIpc) is 3.21. The highest BCUT2D eigenvalue weighted by Gasteiger charge is 2.33. The molecule has 2 heterocycles. The number of carbonyl (C=O) groups is 3. The Hall–Kier alpha value is -2.16. The fourth-order valence-electron chi connectivity index (χ4n) is 3.26. The number of hydrogen-bond donors (Lipinski definition) is 2. The summed E-state index contributed by atoms with van der Waals surface area (Å²) in [7, 11) is 0. The molecule has 8 nitrogen and oxygen atoms in total. The number of aromatic nitrogens is 1. The zero-order chi connectivity index (χ0) is 18.0. The number of nitrogens with zero attached hydrogens (tertiary/aromatic N) is 2. The summed E-state index contributed by atoms with van der Waals surface area (Å²) in [6, 6.07) is -0.345. The highest BCUT2D eigenvalue weighted by atomic mass is 32.1. The summed E-state index contributed by atoms with van der Waals surface area (Å²) in [6.07, 6.45) is 2.89. The standard InChI is InChI=1S/C16H21N3O5S/c1-2-24-14(22)10-4-3-5-11-12(10)17-15(25-11)18-16(23)19-7-6-9(8-19)13(20)21/h9-10H,2-8H2,1H3,(H,20,21)(H,17,18,23). The number of carboxylic acid groups (broad SMARTS) is 1. The van der Waals surface area contributed by atoms with Crippen LogP contribution in [0.25, 0.3) is 0 Å². The van der Waals surface area contributed by atoms with Crippen molar-refractivity contribution >= 4 is 34.4 Å². The summed E-state index contributed by atoms with van der Waals surface area (Å²) >= 11 is 1.37. The largest absolute Gasteiger partial charge is 0.481 e. The van der Waals surface area contributed by atoms with E-state index >= 15 is 0 Å². The van der Waals surface area contributed by atoms with Crippen molar-refractivity contribution in [2.45, 2.75) is 38.5 Å². The molecule has 0 aromatic carbocycles. The van der Waals surface area contributed by atoms with Crippen LogP contribution in [0, 0.1) is 5.92 Å². The molecule has 3 rings (SSSR count). The number of nitrogens with one attached hydrogen (secondary N) is 1. The minimum absolute atomic E-state index is 0.206.